The summed E-state index contributed by atoms with van der Waals surface area (Å²) < 4.78 is 0. The summed E-state index contributed by atoms with van der Waals surface area (Å²) in [4.78, 5) is 9.01. The second-order valence-electron chi connectivity index (χ2n) is 5.42. The first-order chi connectivity index (χ1) is 8.65. The molecule has 2 rings (SSSR count). The molecular formula is C14H24N4. The van der Waals surface area contributed by atoms with Crippen LogP contribution in [0.4, 0.5) is 5.82 Å². The summed E-state index contributed by atoms with van der Waals surface area (Å²) in [7, 11) is 0. The van der Waals surface area contributed by atoms with Gasteiger partial charge in [-0.15, -0.1) is 0 Å². The van der Waals surface area contributed by atoms with Gasteiger partial charge in [-0.05, 0) is 32.7 Å². The lowest BCUT2D eigenvalue weighted by atomic mass is 10.1. The minimum absolute atomic E-state index is 0.377. The summed E-state index contributed by atoms with van der Waals surface area (Å²) in [6, 6.07) is 2.71. The second kappa shape index (κ2) is 6.14. The van der Waals surface area contributed by atoms with Crippen LogP contribution in [0.15, 0.2) is 6.07 Å². The molecule has 1 aliphatic rings. The third kappa shape index (κ3) is 3.67. The Morgan fingerprint density at radius 2 is 2.28 bits per heavy atom. The van der Waals surface area contributed by atoms with Crippen LogP contribution in [0.25, 0.3) is 0 Å². The van der Waals surface area contributed by atoms with Gasteiger partial charge in [0.25, 0.3) is 0 Å². The van der Waals surface area contributed by atoms with E-state index in [0.29, 0.717) is 12.0 Å². The van der Waals surface area contributed by atoms with Gasteiger partial charge in [-0.2, -0.15) is 0 Å². The van der Waals surface area contributed by atoms with Crippen LogP contribution in [0, 0.1) is 6.92 Å². The van der Waals surface area contributed by atoms with E-state index in [1.807, 2.05) is 13.0 Å². The van der Waals surface area contributed by atoms with Gasteiger partial charge in [0.15, 0.2) is 0 Å². The molecule has 0 spiro atoms. The summed E-state index contributed by atoms with van der Waals surface area (Å²) in [6.45, 7) is 8.43. The predicted octanol–water partition coefficient (Wildman–Crippen LogP) is 2.46. The molecule has 18 heavy (non-hydrogen) atoms. The zero-order valence-electron chi connectivity index (χ0n) is 11.7. The summed E-state index contributed by atoms with van der Waals surface area (Å²) in [5.41, 5.74) is 1.04. The minimum atomic E-state index is 0.377. The molecule has 0 bridgehead atoms. The third-order valence-corrected chi connectivity index (χ3v) is 3.35. The maximum absolute atomic E-state index is 4.55. The van der Waals surface area contributed by atoms with E-state index in [2.05, 4.69) is 34.4 Å². The van der Waals surface area contributed by atoms with Crippen LogP contribution in [0.5, 0.6) is 0 Å². The molecule has 0 amide bonds. The number of nitrogens with zero attached hydrogens (tertiary/aromatic N) is 2. The molecule has 1 aliphatic heterocycles. The summed E-state index contributed by atoms with van der Waals surface area (Å²) in [5.74, 6) is 2.27. The average molecular weight is 248 g/mol. The van der Waals surface area contributed by atoms with E-state index >= 15 is 0 Å². The van der Waals surface area contributed by atoms with E-state index in [-0.39, 0.29) is 0 Å². The van der Waals surface area contributed by atoms with Gasteiger partial charge in [-0.1, -0.05) is 13.8 Å². The maximum atomic E-state index is 4.55. The Morgan fingerprint density at radius 1 is 1.44 bits per heavy atom. The van der Waals surface area contributed by atoms with Crippen LogP contribution in [-0.2, 0) is 0 Å². The summed E-state index contributed by atoms with van der Waals surface area (Å²) in [5, 5.41) is 6.93. The monoisotopic (exact) mass is 248 g/mol. The van der Waals surface area contributed by atoms with Crippen LogP contribution < -0.4 is 10.6 Å². The molecule has 2 N–H and O–H groups in total. The second-order valence-corrected chi connectivity index (χ2v) is 5.42. The molecule has 0 aromatic carbocycles. The number of aryl methyl sites for hydroxylation is 1. The van der Waals surface area contributed by atoms with E-state index < -0.39 is 0 Å². The Morgan fingerprint density at radius 3 is 2.94 bits per heavy atom. The van der Waals surface area contributed by atoms with E-state index in [1.165, 1.54) is 25.8 Å². The van der Waals surface area contributed by atoms with Crippen molar-refractivity contribution in [3.8, 4) is 0 Å². The van der Waals surface area contributed by atoms with E-state index in [4.69, 9.17) is 0 Å². The van der Waals surface area contributed by atoms with Crippen molar-refractivity contribution in [1.29, 1.82) is 0 Å². The lowest BCUT2D eigenvalue weighted by Gasteiger charge is -2.13. The number of anilines is 1. The molecule has 1 atom stereocenters. The first kappa shape index (κ1) is 13.3. The van der Waals surface area contributed by atoms with E-state index in [1.54, 1.807) is 0 Å². The predicted molar refractivity (Wildman–Crippen MR) is 75.0 cm³/mol. The average Bonchev–Trinajstić information content (AvgIpc) is 2.81. The molecule has 1 fully saturated rings. The molecule has 1 aromatic heterocycles. The molecule has 1 aromatic rings. The highest BCUT2D eigenvalue weighted by atomic mass is 15.0. The fourth-order valence-electron chi connectivity index (χ4n) is 2.32. The smallest absolute Gasteiger partial charge is 0.133 e. The molecule has 1 saturated heterocycles. The molecule has 0 aliphatic carbocycles. The fourth-order valence-corrected chi connectivity index (χ4v) is 2.32. The van der Waals surface area contributed by atoms with Crippen molar-refractivity contribution in [3.05, 3.63) is 17.6 Å². The fraction of sp³-hybridized carbons (Fsp3) is 0.714. The number of nitrogens with one attached hydrogen (secondary N) is 2. The topological polar surface area (TPSA) is 49.8 Å². The normalized spacial score (nSPS) is 19.4. The van der Waals surface area contributed by atoms with E-state index in [9.17, 15) is 0 Å². The lowest BCUT2D eigenvalue weighted by Crippen LogP contribution is -2.24. The molecule has 0 saturated carbocycles. The van der Waals surface area contributed by atoms with Gasteiger partial charge in [0.2, 0.25) is 0 Å². The Balaban J connectivity index is 1.88. The molecule has 100 valence electrons. The van der Waals surface area contributed by atoms with Crippen molar-refractivity contribution in [2.24, 2.45) is 0 Å². The van der Waals surface area contributed by atoms with Crippen LogP contribution in [0.2, 0.25) is 0 Å². The quantitative estimate of drug-likeness (QED) is 0.840. The highest BCUT2D eigenvalue weighted by Crippen LogP contribution is 2.14. The van der Waals surface area contributed by atoms with Crippen LogP contribution in [0.1, 0.15) is 50.5 Å². The van der Waals surface area contributed by atoms with Crippen molar-refractivity contribution < 1.29 is 0 Å². The first-order valence-corrected chi connectivity index (χ1v) is 6.98. The highest BCUT2D eigenvalue weighted by Gasteiger charge is 2.13. The van der Waals surface area contributed by atoms with Gasteiger partial charge >= 0.3 is 0 Å². The largest absolute Gasteiger partial charge is 0.370 e. The van der Waals surface area contributed by atoms with Crippen LogP contribution in [-0.4, -0.2) is 29.1 Å². The number of rotatable bonds is 5. The summed E-state index contributed by atoms with van der Waals surface area (Å²) in [6.07, 6.45) is 3.79. The van der Waals surface area contributed by atoms with Gasteiger partial charge in [0.1, 0.15) is 11.6 Å². The molecule has 4 nitrogen and oxygen atoms in total. The van der Waals surface area contributed by atoms with Gasteiger partial charge in [-0.3, -0.25) is 0 Å². The van der Waals surface area contributed by atoms with E-state index in [0.717, 1.165) is 23.9 Å². The molecule has 4 heteroatoms. The van der Waals surface area contributed by atoms with Gasteiger partial charge < -0.3 is 10.6 Å². The van der Waals surface area contributed by atoms with Gasteiger partial charge in [-0.25, -0.2) is 9.97 Å². The number of hydrogen-bond acceptors (Lipinski definition) is 4. The van der Waals surface area contributed by atoms with Crippen molar-refractivity contribution in [2.45, 2.75) is 52.0 Å². The Kier molecular flexibility index (Phi) is 4.53. The van der Waals surface area contributed by atoms with Crippen molar-refractivity contribution >= 4 is 5.82 Å². The number of aromatic nitrogens is 2. The van der Waals surface area contributed by atoms with Crippen molar-refractivity contribution in [1.82, 2.24) is 15.3 Å². The Labute approximate surface area is 110 Å². The van der Waals surface area contributed by atoms with Gasteiger partial charge in [0, 0.05) is 30.3 Å². The number of hydrogen-bond donors (Lipinski definition) is 2. The Hall–Kier alpha value is -1.16. The Bertz CT molecular complexity index is 383. The summed E-state index contributed by atoms with van der Waals surface area (Å²) >= 11 is 0. The SMILES string of the molecule is Cc1cc(NCC[C@H]2CCCN2)nc(C(C)C)n1. The van der Waals surface area contributed by atoms with Crippen molar-refractivity contribution in [3.63, 3.8) is 0 Å². The van der Waals surface area contributed by atoms with Crippen LogP contribution in [0.3, 0.4) is 0 Å². The minimum Gasteiger partial charge on any atom is -0.370 e. The molecule has 0 radical (unpaired) electrons. The third-order valence-electron chi connectivity index (χ3n) is 3.35. The molecule has 0 unspecified atom stereocenters. The first-order valence-electron chi connectivity index (χ1n) is 6.98. The van der Waals surface area contributed by atoms with Gasteiger partial charge in [0.05, 0.1) is 0 Å². The maximum Gasteiger partial charge on any atom is 0.133 e. The zero-order valence-corrected chi connectivity index (χ0v) is 11.7. The van der Waals surface area contributed by atoms with Crippen LogP contribution >= 0.6 is 0 Å². The molecular weight excluding hydrogens is 224 g/mol. The molecule has 2 heterocycles. The highest BCUT2D eigenvalue weighted by molar-refractivity contribution is 5.36. The standard InChI is InChI=1S/C14H24N4/c1-10(2)14-17-11(3)9-13(18-14)16-8-6-12-5-4-7-15-12/h9-10,12,15H,4-8H2,1-3H3,(H,16,17,18)/t12-/m1/s1. The lowest BCUT2D eigenvalue weighted by molar-refractivity contribution is 0.574. The zero-order chi connectivity index (χ0) is 13.0. The van der Waals surface area contributed by atoms with Crippen molar-refractivity contribution in [2.75, 3.05) is 18.4 Å².